The van der Waals surface area contributed by atoms with Gasteiger partial charge in [-0.1, -0.05) is 272 Å². The van der Waals surface area contributed by atoms with Crippen LogP contribution in [0.25, 0.3) is 0 Å². The molecule has 0 bridgehead atoms. The highest BCUT2D eigenvalue weighted by molar-refractivity contribution is 5.80. The average Bonchev–Trinajstić information content (AvgIpc) is 3.58. The van der Waals surface area contributed by atoms with Crippen molar-refractivity contribution in [3.05, 3.63) is 97.2 Å². The topological polar surface area (TPSA) is 175 Å². The van der Waals surface area contributed by atoms with Gasteiger partial charge in [0.05, 0.1) is 25.4 Å². The molecule has 1 aliphatic heterocycles. The van der Waals surface area contributed by atoms with E-state index in [1.807, 2.05) is 6.08 Å². The summed E-state index contributed by atoms with van der Waals surface area (Å²) in [5, 5.41) is 57.2. The van der Waals surface area contributed by atoms with E-state index in [-0.39, 0.29) is 19.4 Å². The van der Waals surface area contributed by atoms with Crippen LogP contribution in [0.4, 0.5) is 0 Å². The Hall–Kier alpha value is -3.42. The Bertz CT molecular complexity index is 1720. The molecule has 0 spiro atoms. The number of hydrogen-bond acceptors (Lipinski definition) is 10. The van der Waals surface area contributed by atoms with Crippen molar-refractivity contribution in [2.24, 2.45) is 0 Å². The van der Waals surface area contributed by atoms with Crippen LogP contribution in [0.1, 0.15) is 284 Å². The van der Waals surface area contributed by atoms with Crippen LogP contribution in [-0.2, 0) is 23.8 Å². The third-order valence-electron chi connectivity index (χ3n) is 15.5. The van der Waals surface area contributed by atoms with Crippen molar-refractivity contribution in [1.82, 2.24) is 5.32 Å². The summed E-state index contributed by atoms with van der Waals surface area (Å²) in [5.41, 5.74) is 0. The van der Waals surface area contributed by atoms with Gasteiger partial charge < -0.3 is 45.1 Å². The van der Waals surface area contributed by atoms with Gasteiger partial charge in [-0.15, -0.1) is 0 Å². The van der Waals surface area contributed by atoms with Gasteiger partial charge in [-0.05, 0) is 103 Å². The van der Waals surface area contributed by atoms with Crippen LogP contribution in [0.2, 0.25) is 0 Å². The van der Waals surface area contributed by atoms with E-state index in [0.29, 0.717) is 12.8 Å². The van der Waals surface area contributed by atoms with E-state index in [1.54, 1.807) is 6.08 Å². The molecule has 83 heavy (non-hydrogen) atoms. The van der Waals surface area contributed by atoms with Gasteiger partial charge in [0, 0.05) is 6.42 Å². The smallest absolute Gasteiger partial charge is 0.306 e. The molecule has 8 atom stereocenters. The minimum absolute atomic E-state index is 0.0972. The van der Waals surface area contributed by atoms with E-state index in [1.165, 1.54) is 122 Å². The van der Waals surface area contributed by atoms with Gasteiger partial charge >= 0.3 is 5.97 Å². The summed E-state index contributed by atoms with van der Waals surface area (Å²) >= 11 is 0. The highest BCUT2D eigenvalue weighted by atomic mass is 16.7. The Kier molecular flexibility index (Phi) is 55.1. The van der Waals surface area contributed by atoms with Crippen molar-refractivity contribution < 1.29 is 49.3 Å². The first kappa shape index (κ1) is 77.6. The second-order valence-electron chi connectivity index (χ2n) is 23.2. The lowest BCUT2D eigenvalue weighted by Gasteiger charge is -2.41. The fraction of sp³-hybridized carbons (Fsp3) is 0.750. The lowest BCUT2D eigenvalue weighted by molar-refractivity contribution is -0.305. The van der Waals surface area contributed by atoms with E-state index in [2.05, 4.69) is 111 Å². The van der Waals surface area contributed by atoms with Crippen molar-refractivity contribution in [1.29, 1.82) is 0 Å². The zero-order valence-electron chi connectivity index (χ0n) is 53.0. The van der Waals surface area contributed by atoms with Crippen LogP contribution >= 0.6 is 0 Å². The van der Waals surface area contributed by atoms with Crippen molar-refractivity contribution in [3.63, 3.8) is 0 Å². The first-order chi connectivity index (χ1) is 40.7. The summed E-state index contributed by atoms with van der Waals surface area (Å²) in [5.74, 6) is -1.22. The lowest BCUT2D eigenvalue weighted by atomic mass is 9.99. The van der Waals surface area contributed by atoms with E-state index in [9.17, 15) is 35.1 Å². The maximum absolute atomic E-state index is 13.5. The summed E-state index contributed by atoms with van der Waals surface area (Å²) in [6.45, 7) is 5.66. The summed E-state index contributed by atoms with van der Waals surface area (Å²) in [6, 6.07) is -1.04. The predicted octanol–water partition coefficient (Wildman–Crippen LogP) is 17.1. The van der Waals surface area contributed by atoms with Crippen LogP contribution in [0.5, 0.6) is 0 Å². The third-order valence-corrected chi connectivity index (χ3v) is 15.5. The minimum Gasteiger partial charge on any atom is -0.454 e. The van der Waals surface area contributed by atoms with Gasteiger partial charge in [-0.25, -0.2) is 0 Å². The molecule has 1 aliphatic rings. The first-order valence-electron chi connectivity index (χ1n) is 34.0. The number of esters is 1. The van der Waals surface area contributed by atoms with E-state index >= 15 is 0 Å². The largest absolute Gasteiger partial charge is 0.454 e. The Morgan fingerprint density at radius 2 is 0.867 bits per heavy atom. The van der Waals surface area contributed by atoms with Crippen LogP contribution < -0.4 is 5.32 Å². The number of rotatable bonds is 57. The zero-order chi connectivity index (χ0) is 60.3. The van der Waals surface area contributed by atoms with Gasteiger partial charge in [0.1, 0.15) is 24.4 Å². The second kappa shape index (κ2) is 58.9. The normalized spacial score (nSPS) is 19.2. The molecule has 1 saturated heterocycles. The fourth-order valence-electron chi connectivity index (χ4n) is 10.1. The first-order valence-corrected chi connectivity index (χ1v) is 34.0. The Morgan fingerprint density at radius 3 is 1.33 bits per heavy atom. The summed E-state index contributed by atoms with van der Waals surface area (Å²) in [7, 11) is 0. The molecule has 1 heterocycles. The van der Waals surface area contributed by atoms with Crippen LogP contribution in [0, 0.1) is 0 Å². The van der Waals surface area contributed by atoms with Gasteiger partial charge in [-0.2, -0.15) is 0 Å². The van der Waals surface area contributed by atoms with Gasteiger partial charge in [0.25, 0.3) is 0 Å². The number of ether oxygens (including phenoxy) is 3. The van der Waals surface area contributed by atoms with Crippen molar-refractivity contribution >= 4 is 11.9 Å². The number of amides is 1. The van der Waals surface area contributed by atoms with Crippen molar-refractivity contribution in [2.75, 3.05) is 13.2 Å². The molecule has 0 radical (unpaired) electrons. The fourth-order valence-corrected chi connectivity index (χ4v) is 10.1. The third kappa shape index (κ3) is 46.5. The predicted molar refractivity (Wildman–Crippen MR) is 347 cm³/mol. The molecule has 0 aromatic rings. The number of unbranched alkanes of at least 4 members (excludes halogenated alkanes) is 29. The molecule has 8 unspecified atom stereocenters. The zero-order valence-corrected chi connectivity index (χ0v) is 53.0. The van der Waals surface area contributed by atoms with Crippen LogP contribution in [0.3, 0.4) is 0 Å². The van der Waals surface area contributed by atoms with Gasteiger partial charge in [0.2, 0.25) is 5.91 Å². The molecule has 1 amide bonds. The number of carbonyl (C=O) groups is 2. The molecule has 0 saturated carbocycles. The van der Waals surface area contributed by atoms with E-state index in [4.69, 9.17) is 14.2 Å². The number of nitrogens with one attached hydrogen (secondary N) is 1. The highest BCUT2D eigenvalue weighted by Gasteiger charge is 2.47. The number of aliphatic hydroxyl groups is 5. The number of carbonyl (C=O) groups excluding carboxylic acids is 2. The number of allylic oxidation sites excluding steroid dienone is 15. The maximum atomic E-state index is 13.5. The quantitative estimate of drug-likeness (QED) is 0.0195. The van der Waals surface area contributed by atoms with Crippen LogP contribution in [-0.4, -0.2) is 99.6 Å². The molecular formula is C72H125NO10. The Balaban J connectivity index is 2.65. The van der Waals surface area contributed by atoms with E-state index < -0.39 is 67.4 Å². The van der Waals surface area contributed by atoms with Crippen LogP contribution in [0.15, 0.2) is 97.2 Å². The standard InChI is InChI=1S/C72H125NO10/c1-4-7-10-13-16-19-22-25-27-29-31-33-35-37-39-42-45-48-51-54-57-60-67(77)83-70-69(79)68(78)66(61-74)82-72(70)81-62-63(64(75)58-55-52-49-46-43-40-24-21-18-15-12-9-6-3)73-71(80)65(76)59-56-53-50-47-44-41-38-36-34-32-30-28-26-23-20-17-14-11-8-5-2/h7,10,16-17,19-20,25-28,31,33,37,39,55,58,63-66,68-70,72,74-76,78-79H,4-6,8-9,11-15,18,21-24,29-30,32,34-36,38,40-54,56-57,59-62H2,1-3H3,(H,73,80)/b10-7-,19-16-,20-17-,27-25-,28-26-,33-31-,39-37-,58-55+. The summed E-state index contributed by atoms with van der Waals surface area (Å²) in [6.07, 6.45) is 68.6. The van der Waals surface area contributed by atoms with Crippen molar-refractivity contribution in [2.45, 2.75) is 333 Å². The Labute approximate surface area is 507 Å². The minimum atomic E-state index is -1.63. The van der Waals surface area contributed by atoms with E-state index in [0.717, 1.165) is 116 Å². The molecular weight excluding hydrogens is 1040 g/mol. The molecule has 0 aliphatic carbocycles. The second-order valence-corrected chi connectivity index (χ2v) is 23.2. The molecule has 478 valence electrons. The SMILES string of the molecule is CC/C=C\C/C=C\C/C=C\C/C=C\C/C=C\CCCCCCCC(=O)OC1C(OCC(NC(=O)C(O)CCCCCCCCCCCC/C=C\C/C=C\CCCCC)C(O)/C=C/CCCCCCCCCCCCC)OC(CO)C(O)C1O. The molecule has 1 rings (SSSR count). The van der Waals surface area contributed by atoms with Crippen molar-refractivity contribution in [3.8, 4) is 0 Å². The molecule has 11 nitrogen and oxygen atoms in total. The molecule has 0 aromatic heterocycles. The molecule has 1 fully saturated rings. The maximum Gasteiger partial charge on any atom is 0.306 e. The molecule has 0 aromatic carbocycles. The average molecular weight is 1160 g/mol. The van der Waals surface area contributed by atoms with Gasteiger partial charge in [-0.3, -0.25) is 9.59 Å². The lowest BCUT2D eigenvalue weighted by Crippen LogP contribution is -2.61. The highest BCUT2D eigenvalue weighted by Crippen LogP contribution is 2.26. The van der Waals surface area contributed by atoms with Gasteiger partial charge in [0.15, 0.2) is 12.4 Å². The number of hydrogen-bond donors (Lipinski definition) is 6. The Morgan fingerprint density at radius 1 is 0.482 bits per heavy atom. The number of aliphatic hydroxyl groups excluding tert-OH is 5. The monoisotopic (exact) mass is 1160 g/mol. The summed E-state index contributed by atoms with van der Waals surface area (Å²) < 4.78 is 17.7. The molecule has 11 heteroatoms. The molecule has 6 N–H and O–H groups in total. The summed E-state index contributed by atoms with van der Waals surface area (Å²) in [4.78, 5) is 26.7.